The van der Waals surface area contributed by atoms with Crippen LogP contribution >= 0.6 is 27.3 Å². The highest BCUT2D eigenvalue weighted by Crippen LogP contribution is 2.27. The van der Waals surface area contributed by atoms with Crippen molar-refractivity contribution in [1.82, 2.24) is 4.98 Å². The second-order valence-electron chi connectivity index (χ2n) is 5.29. The molecule has 0 aliphatic heterocycles. The number of aromatic nitrogens is 1. The first-order chi connectivity index (χ1) is 12.5. The minimum Gasteiger partial charge on any atom is -0.484 e. The first-order valence-corrected chi connectivity index (χ1v) is 9.22. The van der Waals surface area contributed by atoms with Crippen LogP contribution in [-0.4, -0.2) is 23.4 Å². The molecule has 0 saturated heterocycles. The monoisotopic (exact) mass is 431 g/mol. The fourth-order valence-electron chi connectivity index (χ4n) is 2.16. The number of primary amides is 1. The van der Waals surface area contributed by atoms with E-state index in [4.69, 9.17) is 10.5 Å². The number of halogens is 1. The van der Waals surface area contributed by atoms with Gasteiger partial charge in [-0.25, -0.2) is 4.98 Å². The van der Waals surface area contributed by atoms with E-state index >= 15 is 0 Å². The maximum Gasteiger partial charge on any atom is 0.257 e. The minimum absolute atomic E-state index is 0.243. The molecule has 3 N–H and O–H groups in total. The van der Waals surface area contributed by atoms with Crippen LogP contribution in [0.4, 0.5) is 5.13 Å². The van der Waals surface area contributed by atoms with E-state index in [0.717, 1.165) is 15.7 Å². The Morgan fingerprint density at radius 2 is 2.00 bits per heavy atom. The van der Waals surface area contributed by atoms with E-state index in [-0.39, 0.29) is 12.5 Å². The Morgan fingerprint density at radius 3 is 2.77 bits per heavy atom. The van der Waals surface area contributed by atoms with E-state index in [2.05, 4.69) is 26.2 Å². The van der Waals surface area contributed by atoms with Gasteiger partial charge in [-0.1, -0.05) is 34.1 Å². The third kappa shape index (κ3) is 4.68. The highest BCUT2D eigenvalue weighted by atomic mass is 79.9. The normalized spacial score (nSPS) is 10.3. The van der Waals surface area contributed by atoms with Gasteiger partial charge in [0.25, 0.3) is 11.8 Å². The van der Waals surface area contributed by atoms with Crippen LogP contribution in [0.1, 0.15) is 10.4 Å². The summed E-state index contributed by atoms with van der Waals surface area (Å²) in [6.45, 7) is -0.243. The predicted molar refractivity (Wildman–Crippen MR) is 104 cm³/mol. The van der Waals surface area contributed by atoms with Gasteiger partial charge in [0.1, 0.15) is 5.75 Å². The molecule has 6 nitrogen and oxygen atoms in total. The van der Waals surface area contributed by atoms with Crippen LogP contribution in [0.5, 0.6) is 5.75 Å². The molecule has 3 rings (SSSR count). The summed E-state index contributed by atoms with van der Waals surface area (Å²) >= 11 is 4.77. The lowest BCUT2D eigenvalue weighted by molar-refractivity contribution is -0.119. The van der Waals surface area contributed by atoms with Crippen LogP contribution in [-0.2, 0) is 4.79 Å². The van der Waals surface area contributed by atoms with Gasteiger partial charge in [-0.05, 0) is 30.3 Å². The fourth-order valence-corrected chi connectivity index (χ4v) is 3.28. The highest BCUT2D eigenvalue weighted by molar-refractivity contribution is 9.10. The lowest BCUT2D eigenvalue weighted by Crippen LogP contribution is -2.20. The van der Waals surface area contributed by atoms with Crippen LogP contribution in [0.15, 0.2) is 58.4 Å². The average molecular weight is 432 g/mol. The molecule has 0 aliphatic carbocycles. The Labute approximate surface area is 162 Å². The summed E-state index contributed by atoms with van der Waals surface area (Å²) in [5.74, 6) is -0.502. The Bertz CT molecular complexity index is 958. The first-order valence-electron chi connectivity index (χ1n) is 7.55. The van der Waals surface area contributed by atoms with E-state index in [1.165, 1.54) is 11.3 Å². The second kappa shape index (κ2) is 8.11. The Balaban J connectivity index is 1.70. The molecular formula is C18H14BrN3O3S. The number of anilines is 1. The molecule has 26 heavy (non-hydrogen) atoms. The smallest absolute Gasteiger partial charge is 0.257 e. The molecule has 0 saturated carbocycles. The molecule has 2 aromatic carbocycles. The molecule has 0 bridgehead atoms. The van der Waals surface area contributed by atoms with Gasteiger partial charge in [0.05, 0.1) is 5.69 Å². The number of thiazole rings is 1. The summed E-state index contributed by atoms with van der Waals surface area (Å²) in [7, 11) is 0. The molecule has 132 valence electrons. The lowest BCUT2D eigenvalue weighted by atomic mass is 10.2. The summed E-state index contributed by atoms with van der Waals surface area (Å²) in [4.78, 5) is 27.6. The van der Waals surface area contributed by atoms with Crippen molar-refractivity contribution in [2.24, 2.45) is 5.73 Å². The van der Waals surface area contributed by atoms with Gasteiger partial charge in [0, 0.05) is 21.0 Å². The number of ether oxygens (including phenoxy) is 1. The van der Waals surface area contributed by atoms with E-state index in [9.17, 15) is 9.59 Å². The Hall–Kier alpha value is -2.71. The molecule has 0 unspecified atom stereocenters. The molecule has 2 amide bonds. The Kier molecular flexibility index (Phi) is 5.65. The van der Waals surface area contributed by atoms with E-state index in [1.807, 2.05) is 29.6 Å². The van der Waals surface area contributed by atoms with Crippen LogP contribution in [0, 0.1) is 0 Å². The lowest BCUT2D eigenvalue weighted by Gasteiger charge is -2.06. The number of nitrogens with two attached hydrogens (primary N) is 1. The molecule has 8 heteroatoms. The molecular weight excluding hydrogens is 418 g/mol. The summed E-state index contributed by atoms with van der Waals surface area (Å²) in [6.07, 6.45) is 0. The van der Waals surface area contributed by atoms with Crippen LogP contribution in [0.3, 0.4) is 0 Å². The zero-order valence-corrected chi connectivity index (χ0v) is 15.8. The largest absolute Gasteiger partial charge is 0.484 e. The van der Waals surface area contributed by atoms with Gasteiger partial charge in [-0.3, -0.25) is 14.9 Å². The topological polar surface area (TPSA) is 94.3 Å². The van der Waals surface area contributed by atoms with Crippen molar-refractivity contribution < 1.29 is 14.3 Å². The summed E-state index contributed by atoms with van der Waals surface area (Å²) in [5.41, 5.74) is 7.18. The third-order valence-electron chi connectivity index (χ3n) is 3.32. The van der Waals surface area contributed by atoms with Crippen LogP contribution in [0.25, 0.3) is 11.3 Å². The fraction of sp³-hybridized carbons (Fsp3) is 0.0556. The van der Waals surface area contributed by atoms with Crippen molar-refractivity contribution in [2.45, 2.75) is 0 Å². The van der Waals surface area contributed by atoms with E-state index < -0.39 is 5.91 Å². The van der Waals surface area contributed by atoms with E-state index in [0.29, 0.717) is 16.4 Å². The average Bonchev–Trinajstić information content (AvgIpc) is 3.09. The SMILES string of the molecule is NC(=O)COc1cccc(C(=O)Nc2nc(-c3cccc(Br)c3)cs2)c1. The van der Waals surface area contributed by atoms with E-state index in [1.54, 1.807) is 24.3 Å². The number of nitrogens with zero attached hydrogens (tertiary/aromatic N) is 1. The molecule has 3 aromatic rings. The van der Waals surface area contributed by atoms with Crippen LogP contribution < -0.4 is 15.8 Å². The number of amides is 2. The number of hydrogen-bond acceptors (Lipinski definition) is 5. The van der Waals surface area contributed by atoms with Gasteiger partial charge in [-0.2, -0.15) is 0 Å². The van der Waals surface area contributed by atoms with Crippen molar-refractivity contribution in [3.8, 4) is 17.0 Å². The van der Waals surface area contributed by atoms with Gasteiger partial charge in [-0.15, -0.1) is 11.3 Å². The molecule has 0 radical (unpaired) electrons. The number of carbonyl (C=O) groups excluding carboxylic acids is 2. The predicted octanol–water partition coefficient (Wildman–Crippen LogP) is 3.69. The standard InChI is InChI=1S/C18H14BrN3O3S/c19-13-5-1-3-11(7-13)15-10-26-18(21-15)22-17(24)12-4-2-6-14(8-12)25-9-16(20)23/h1-8,10H,9H2,(H2,20,23)(H,21,22,24). The maximum atomic E-state index is 12.4. The number of nitrogens with one attached hydrogen (secondary N) is 1. The van der Waals surface area contributed by atoms with Crippen molar-refractivity contribution >= 4 is 44.2 Å². The van der Waals surface area contributed by atoms with Crippen molar-refractivity contribution in [3.05, 3.63) is 63.9 Å². The number of hydrogen-bond donors (Lipinski definition) is 2. The molecule has 1 heterocycles. The van der Waals surface area contributed by atoms with Crippen LogP contribution in [0.2, 0.25) is 0 Å². The summed E-state index contributed by atoms with van der Waals surface area (Å²) in [6, 6.07) is 14.3. The quantitative estimate of drug-likeness (QED) is 0.621. The minimum atomic E-state index is -0.581. The van der Waals surface area contributed by atoms with Gasteiger partial charge >= 0.3 is 0 Å². The number of carbonyl (C=O) groups is 2. The molecule has 0 aliphatic rings. The van der Waals surface area contributed by atoms with Gasteiger partial charge in [0.2, 0.25) is 0 Å². The summed E-state index contributed by atoms with van der Waals surface area (Å²) < 4.78 is 6.17. The molecule has 1 aromatic heterocycles. The first kappa shape index (κ1) is 18.1. The molecule has 0 spiro atoms. The van der Waals surface area contributed by atoms with Gasteiger partial charge < -0.3 is 10.5 Å². The highest BCUT2D eigenvalue weighted by Gasteiger charge is 2.11. The second-order valence-corrected chi connectivity index (χ2v) is 7.06. The number of benzene rings is 2. The Morgan fingerprint density at radius 1 is 1.19 bits per heavy atom. The third-order valence-corrected chi connectivity index (χ3v) is 4.57. The molecule has 0 fully saturated rings. The van der Waals surface area contributed by atoms with Crippen molar-refractivity contribution in [2.75, 3.05) is 11.9 Å². The van der Waals surface area contributed by atoms with Crippen molar-refractivity contribution in [3.63, 3.8) is 0 Å². The number of rotatable bonds is 6. The molecule has 0 atom stereocenters. The summed E-state index contributed by atoms with van der Waals surface area (Å²) in [5, 5.41) is 5.14. The maximum absolute atomic E-state index is 12.4. The van der Waals surface area contributed by atoms with Gasteiger partial charge in [0.15, 0.2) is 11.7 Å². The van der Waals surface area contributed by atoms with Crippen molar-refractivity contribution in [1.29, 1.82) is 0 Å². The zero-order chi connectivity index (χ0) is 18.5. The zero-order valence-electron chi connectivity index (χ0n) is 13.4.